The standard InChI is InChI=1S/C14H13F2N3OS/c15-13(16)21-12-7-2-1-6-11(12)19-14(20)18-10-5-3-4-9(17)8-10/h1-8,13H,17H2,(H2,18,19,20). The summed E-state index contributed by atoms with van der Waals surface area (Å²) in [4.78, 5) is 12.2. The molecule has 2 aromatic rings. The molecule has 2 amide bonds. The average molecular weight is 309 g/mol. The third-order valence-corrected chi connectivity index (χ3v) is 3.28. The third-order valence-electron chi connectivity index (χ3n) is 2.50. The number of rotatable bonds is 4. The first-order valence-electron chi connectivity index (χ1n) is 6.02. The first-order chi connectivity index (χ1) is 10.0. The Labute approximate surface area is 124 Å². The molecule has 0 fully saturated rings. The van der Waals surface area contributed by atoms with Gasteiger partial charge in [-0.3, -0.25) is 0 Å². The number of amides is 2. The van der Waals surface area contributed by atoms with Crippen molar-refractivity contribution in [2.24, 2.45) is 0 Å². The Morgan fingerprint density at radius 3 is 2.57 bits per heavy atom. The summed E-state index contributed by atoms with van der Waals surface area (Å²) in [6, 6.07) is 12.5. The molecule has 0 saturated heterocycles. The molecule has 0 radical (unpaired) electrons. The second-order valence-electron chi connectivity index (χ2n) is 4.08. The van der Waals surface area contributed by atoms with Gasteiger partial charge in [-0.25, -0.2) is 4.79 Å². The SMILES string of the molecule is Nc1cccc(NC(=O)Nc2ccccc2SC(F)F)c1. The van der Waals surface area contributed by atoms with Gasteiger partial charge < -0.3 is 16.4 Å². The van der Waals surface area contributed by atoms with Crippen LogP contribution in [0.25, 0.3) is 0 Å². The van der Waals surface area contributed by atoms with E-state index < -0.39 is 11.8 Å². The van der Waals surface area contributed by atoms with Gasteiger partial charge in [0, 0.05) is 16.3 Å². The molecular formula is C14H13F2N3OS. The molecule has 0 saturated carbocycles. The van der Waals surface area contributed by atoms with E-state index in [9.17, 15) is 13.6 Å². The fraction of sp³-hybridized carbons (Fsp3) is 0.0714. The van der Waals surface area contributed by atoms with Gasteiger partial charge >= 0.3 is 6.03 Å². The molecule has 110 valence electrons. The van der Waals surface area contributed by atoms with Crippen LogP contribution in [-0.4, -0.2) is 11.8 Å². The molecule has 0 bridgehead atoms. The van der Waals surface area contributed by atoms with Gasteiger partial charge in [0.15, 0.2) is 0 Å². The lowest BCUT2D eigenvalue weighted by molar-refractivity contribution is 0.252. The molecule has 0 unspecified atom stereocenters. The Kier molecular flexibility index (Phi) is 4.99. The summed E-state index contributed by atoms with van der Waals surface area (Å²) in [7, 11) is 0. The van der Waals surface area contributed by atoms with E-state index in [-0.39, 0.29) is 0 Å². The van der Waals surface area contributed by atoms with Crippen molar-refractivity contribution in [3.8, 4) is 0 Å². The lowest BCUT2D eigenvalue weighted by Gasteiger charge is -2.11. The lowest BCUT2D eigenvalue weighted by Crippen LogP contribution is -2.19. The Hall–Kier alpha value is -2.28. The highest BCUT2D eigenvalue weighted by molar-refractivity contribution is 7.99. The highest BCUT2D eigenvalue weighted by atomic mass is 32.2. The molecule has 0 spiro atoms. The van der Waals surface area contributed by atoms with Crippen molar-refractivity contribution in [1.29, 1.82) is 0 Å². The number of carbonyl (C=O) groups is 1. The molecule has 0 atom stereocenters. The van der Waals surface area contributed by atoms with Crippen LogP contribution in [0.2, 0.25) is 0 Å². The van der Waals surface area contributed by atoms with Gasteiger partial charge in [-0.15, -0.1) is 0 Å². The van der Waals surface area contributed by atoms with Crippen molar-refractivity contribution in [3.63, 3.8) is 0 Å². The van der Waals surface area contributed by atoms with Crippen molar-refractivity contribution in [3.05, 3.63) is 48.5 Å². The summed E-state index contributed by atoms with van der Waals surface area (Å²) in [6.07, 6.45) is 0. The molecule has 2 rings (SSSR count). The smallest absolute Gasteiger partial charge is 0.323 e. The number of benzene rings is 2. The molecular weight excluding hydrogens is 296 g/mol. The normalized spacial score (nSPS) is 10.4. The minimum absolute atomic E-state index is 0.301. The van der Waals surface area contributed by atoms with E-state index >= 15 is 0 Å². The van der Waals surface area contributed by atoms with E-state index in [2.05, 4.69) is 10.6 Å². The number of hydrogen-bond acceptors (Lipinski definition) is 3. The van der Waals surface area contributed by atoms with Crippen LogP contribution in [0.4, 0.5) is 30.6 Å². The number of halogens is 2. The van der Waals surface area contributed by atoms with Gasteiger partial charge in [0.1, 0.15) is 0 Å². The zero-order valence-corrected chi connectivity index (χ0v) is 11.7. The lowest BCUT2D eigenvalue weighted by atomic mass is 10.3. The predicted octanol–water partition coefficient (Wildman–Crippen LogP) is 4.23. The number of para-hydroxylation sites is 1. The van der Waals surface area contributed by atoms with E-state index in [1.807, 2.05) is 0 Å². The minimum atomic E-state index is -2.55. The van der Waals surface area contributed by atoms with Gasteiger partial charge in [0.25, 0.3) is 5.76 Å². The maximum atomic E-state index is 12.4. The Morgan fingerprint density at radius 1 is 1.10 bits per heavy atom. The topological polar surface area (TPSA) is 67.1 Å². The van der Waals surface area contributed by atoms with E-state index in [1.165, 1.54) is 6.07 Å². The third kappa shape index (κ3) is 4.64. The van der Waals surface area contributed by atoms with Crippen molar-refractivity contribution < 1.29 is 13.6 Å². The Balaban J connectivity index is 2.06. The fourth-order valence-corrected chi connectivity index (χ4v) is 2.26. The first kappa shape index (κ1) is 15.1. The first-order valence-corrected chi connectivity index (χ1v) is 6.90. The molecule has 21 heavy (non-hydrogen) atoms. The number of hydrogen-bond donors (Lipinski definition) is 3. The largest absolute Gasteiger partial charge is 0.399 e. The number of anilines is 3. The van der Waals surface area contributed by atoms with Gasteiger partial charge in [-0.1, -0.05) is 30.0 Å². The molecule has 0 heterocycles. The van der Waals surface area contributed by atoms with Crippen LogP contribution in [0.3, 0.4) is 0 Å². The van der Waals surface area contributed by atoms with Crippen molar-refractivity contribution in [2.45, 2.75) is 10.7 Å². The number of nitrogens with one attached hydrogen (secondary N) is 2. The maximum Gasteiger partial charge on any atom is 0.323 e. The molecule has 2 aromatic carbocycles. The monoisotopic (exact) mass is 309 g/mol. The van der Waals surface area contributed by atoms with Crippen LogP contribution in [0.5, 0.6) is 0 Å². The zero-order chi connectivity index (χ0) is 15.2. The van der Waals surface area contributed by atoms with Gasteiger partial charge in [-0.2, -0.15) is 8.78 Å². The fourth-order valence-electron chi connectivity index (χ4n) is 1.67. The number of urea groups is 1. The number of alkyl halides is 2. The zero-order valence-electron chi connectivity index (χ0n) is 10.8. The van der Waals surface area contributed by atoms with E-state index in [4.69, 9.17) is 5.73 Å². The number of thioether (sulfide) groups is 1. The number of nitrogen functional groups attached to an aromatic ring is 1. The van der Waals surface area contributed by atoms with Gasteiger partial charge in [0.2, 0.25) is 0 Å². The van der Waals surface area contributed by atoms with Crippen molar-refractivity contribution >= 4 is 34.9 Å². The summed E-state index contributed by atoms with van der Waals surface area (Å²) >= 11 is 0.380. The summed E-state index contributed by atoms with van der Waals surface area (Å²) in [5.74, 6) is -2.55. The molecule has 0 aliphatic carbocycles. The number of nitrogens with two attached hydrogens (primary N) is 1. The average Bonchev–Trinajstić information content (AvgIpc) is 2.40. The van der Waals surface area contributed by atoms with Crippen molar-refractivity contribution in [2.75, 3.05) is 16.4 Å². The predicted molar refractivity (Wildman–Crippen MR) is 81.8 cm³/mol. The minimum Gasteiger partial charge on any atom is -0.399 e. The second-order valence-corrected chi connectivity index (χ2v) is 5.11. The van der Waals surface area contributed by atoms with Crippen molar-refractivity contribution in [1.82, 2.24) is 0 Å². The van der Waals surface area contributed by atoms with Crippen LogP contribution < -0.4 is 16.4 Å². The van der Waals surface area contributed by atoms with Crippen LogP contribution >= 0.6 is 11.8 Å². The molecule has 0 aliphatic rings. The van der Waals surface area contributed by atoms with Crippen LogP contribution in [0.1, 0.15) is 0 Å². The summed E-state index contributed by atoms with van der Waals surface area (Å²) < 4.78 is 24.9. The maximum absolute atomic E-state index is 12.4. The Morgan fingerprint density at radius 2 is 1.86 bits per heavy atom. The van der Waals surface area contributed by atoms with Gasteiger partial charge in [-0.05, 0) is 30.3 Å². The van der Waals surface area contributed by atoms with E-state index in [1.54, 1.807) is 42.5 Å². The molecule has 7 heteroatoms. The van der Waals surface area contributed by atoms with Crippen LogP contribution in [0.15, 0.2) is 53.4 Å². The molecule has 0 aliphatic heterocycles. The van der Waals surface area contributed by atoms with E-state index in [0.29, 0.717) is 33.7 Å². The number of carbonyl (C=O) groups excluding carboxylic acids is 1. The quantitative estimate of drug-likeness (QED) is 0.585. The van der Waals surface area contributed by atoms with Crippen LogP contribution in [0, 0.1) is 0 Å². The summed E-state index contributed by atoms with van der Waals surface area (Å²) in [6.45, 7) is 0. The van der Waals surface area contributed by atoms with Gasteiger partial charge in [0.05, 0.1) is 5.69 Å². The molecule has 4 N–H and O–H groups in total. The molecule has 4 nitrogen and oxygen atoms in total. The second kappa shape index (κ2) is 6.94. The Bertz CT molecular complexity index is 637. The summed E-state index contributed by atoms with van der Waals surface area (Å²) in [5, 5.41) is 5.12. The van der Waals surface area contributed by atoms with E-state index in [0.717, 1.165) is 0 Å². The van der Waals surface area contributed by atoms with Crippen LogP contribution in [-0.2, 0) is 0 Å². The highest BCUT2D eigenvalue weighted by Gasteiger charge is 2.11. The highest BCUT2D eigenvalue weighted by Crippen LogP contribution is 2.31. The molecule has 0 aromatic heterocycles. The summed E-state index contributed by atoms with van der Waals surface area (Å²) in [5.41, 5.74) is 6.97.